The molecule has 0 bridgehead atoms. The normalized spacial score (nSPS) is 13.7. The number of methoxy groups -OCH3 is 2. The molecule has 0 radical (unpaired) electrons. The fraction of sp³-hybridized carbons (Fsp3) is 0.474. The van der Waals surface area contributed by atoms with Gasteiger partial charge in [-0.3, -0.25) is 4.79 Å². The lowest BCUT2D eigenvalue weighted by molar-refractivity contribution is 0.0949. The van der Waals surface area contributed by atoms with Gasteiger partial charge in [-0.05, 0) is 18.2 Å². The number of carbonyl (C=O) groups is 1. The van der Waals surface area contributed by atoms with Gasteiger partial charge in [-0.25, -0.2) is 0 Å². The standard InChI is InChI=1S/C19H26N6O4/c1-24(2)18-21-16(22-19(23-18)25-7-9-29-10-8-25)12-20-17(26)13-5-6-14(27-3)15(11-13)28-4/h5-6,11H,7-10,12H2,1-4H3,(H,20,26). The van der Waals surface area contributed by atoms with Crippen molar-refractivity contribution < 1.29 is 19.0 Å². The van der Waals surface area contributed by atoms with Gasteiger partial charge < -0.3 is 29.3 Å². The molecule has 1 aromatic carbocycles. The fourth-order valence-corrected chi connectivity index (χ4v) is 2.82. The largest absolute Gasteiger partial charge is 0.493 e. The predicted molar refractivity (Wildman–Crippen MR) is 108 cm³/mol. The fourth-order valence-electron chi connectivity index (χ4n) is 2.82. The Morgan fingerprint density at radius 2 is 1.86 bits per heavy atom. The summed E-state index contributed by atoms with van der Waals surface area (Å²) in [6.45, 7) is 2.87. The van der Waals surface area contributed by atoms with E-state index in [-0.39, 0.29) is 12.5 Å². The number of morpholine rings is 1. The maximum absolute atomic E-state index is 12.6. The zero-order chi connectivity index (χ0) is 20.8. The number of hydrogen-bond donors (Lipinski definition) is 1. The van der Waals surface area contributed by atoms with E-state index in [1.807, 2.05) is 19.0 Å². The van der Waals surface area contributed by atoms with Crippen LogP contribution in [0.5, 0.6) is 11.5 Å². The number of amides is 1. The molecule has 0 aliphatic carbocycles. The number of benzene rings is 1. The monoisotopic (exact) mass is 402 g/mol. The van der Waals surface area contributed by atoms with Crippen LogP contribution >= 0.6 is 0 Å². The number of anilines is 2. The summed E-state index contributed by atoms with van der Waals surface area (Å²) in [5.41, 5.74) is 0.456. The highest BCUT2D eigenvalue weighted by atomic mass is 16.5. The van der Waals surface area contributed by atoms with E-state index in [1.54, 1.807) is 25.3 Å². The highest BCUT2D eigenvalue weighted by Crippen LogP contribution is 2.27. The van der Waals surface area contributed by atoms with Crippen LogP contribution in [-0.4, -0.2) is 75.5 Å². The number of carbonyl (C=O) groups excluding carboxylic acids is 1. The van der Waals surface area contributed by atoms with Crippen LogP contribution in [0.25, 0.3) is 0 Å². The second-order valence-corrected chi connectivity index (χ2v) is 6.60. The Kier molecular flexibility index (Phi) is 6.65. The summed E-state index contributed by atoms with van der Waals surface area (Å²) < 4.78 is 15.9. The van der Waals surface area contributed by atoms with Gasteiger partial charge >= 0.3 is 0 Å². The van der Waals surface area contributed by atoms with E-state index in [0.717, 1.165) is 0 Å². The molecule has 1 aliphatic heterocycles. The molecule has 0 spiro atoms. The van der Waals surface area contributed by atoms with Gasteiger partial charge in [0.15, 0.2) is 17.3 Å². The Bertz CT molecular complexity index is 855. The topological polar surface area (TPSA) is 102 Å². The van der Waals surface area contributed by atoms with Gasteiger partial charge in [0.25, 0.3) is 5.91 Å². The number of nitrogens with one attached hydrogen (secondary N) is 1. The average molecular weight is 402 g/mol. The van der Waals surface area contributed by atoms with Crippen LogP contribution in [0, 0.1) is 0 Å². The minimum atomic E-state index is -0.259. The molecule has 1 N–H and O–H groups in total. The van der Waals surface area contributed by atoms with Crippen LogP contribution < -0.4 is 24.6 Å². The maximum atomic E-state index is 12.6. The molecule has 1 aromatic heterocycles. The summed E-state index contributed by atoms with van der Waals surface area (Å²) in [7, 11) is 6.81. The van der Waals surface area contributed by atoms with Crippen LogP contribution in [0.3, 0.4) is 0 Å². The average Bonchev–Trinajstić information content (AvgIpc) is 2.77. The van der Waals surface area contributed by atoms with E-state index in [4.69, 9.17) is 14.2 Å². The van der Waals surface area contributed by atoms with E-state index in [2.05, 4.69) is 25.2 Å². The predicted octanol–water partition coefficient (Wildman–Crippen LogP) is 0.721. The van der Waals surface area contributed by atoms with E-state index in [0.29, 0.717) is 61.1 Å². The summed E-state index contributed by atoms with van der Waals surface area (Å²) in [6.07, 6.45) is 0. The first kappa shape index (κ1) is 20.6. The summed E-state index contributed by atoms with van der Waals surface area (Å²) in [5, 5.41) is 2.85. The number of nitrogens with zero attached hydrogens (tertiary/aromatic N) is 5. The maximum Gasteiger partial charge on any atom is 0.251 e. The molecular weight excluding hydrogens is 376 g/mol. The van der Waals surface area contributed by atoms with Crippen molar-refractivity contribution in [2.24, 2.45) is 0 Å². The van der Waals surface area contributed by atoms with E-state index in [1.165, 1.54) is 7.11 Å². The van der Waals surface area contributed by atoms with Gasteiger partial charge in [-0.15, -0.1) is 0 Å². The summed E-state index contributed by atoms with van der Waals surface area (Å²) in [4.78, 5) is 29.9. The second kappa shape index (κ2) is 9.37. The van der Waals surface area contributed by atoms with Crippen molar-refractivity contribution >= 4 is 17.8 Å². The molecule has 2 heterocycles. The van der Waals surface area contributed by atoms with Gasteiger partial charge in [-0.2, -0.15) is 15.0 Å². The molecular formula is C19H26N6O4. The smallest absolute Gasteiger partial charge is 0.251 e. The molecule has 10 nitrogen and oxygen atoms in total. The van der Waals surface area contributed by atoms with Crippen LogP contribution in [0.1, 0.15) is 16.2 Å². The Morgan fingerprint density at radius 3 is 2.52 bits per heavy atom. The molecule has 156 valence electrons. The summed E-state index contributed by atoms with van der Waals surface area (Å²) in [5.74, 6) is 2.40. The van der Waals surface area contributed by atoms with E-state index >= 15 is 0 Å². The Balaban J connectivity index is 1.75. The van der Waals surface area contributed by atoms with E-state index in [9.17, 15) is 4.79 Å². The van der Waals surface area contributed by atoms with Crippen LogP contribution in [0.2, 0.25) is 0 Å². The number of ether oxygens (including phenoxy) is 3. The van der Waals surface area contributed by atoms with Crippen molar-refractivity contribution in [3.63, 3.8) is 0 Å². The van der Waals surface area contributed by atoms with Crippen LogP contribution in [0.4, 0.5) is 11.9 Å². The molecule has 0 atom stereocenters. The third kappa shape index (κ3) is 5.02. The third-order valence-electron chi connectivity index (χ3n) is 4.40. The van der Waals surface area contributed by atoms with Crippen molar-refractivity contribution in [2.75, 3.05) is 64.4 Å². The molecule has 10 heteroatoms. The summed E-state index contributed by atoms with van der Waals surface area (Å²) >= 11 is 0. The Morgan fingerprint density at radius 1 is 1.14 bits per heavy atom. The first-order valence-electron chi connectivity index (χ1n) is 9.27. The molecule has 3 rings (SSSR count). The lowest BCUT2D eigenvalue weighted by Gasteiger charge is -2.27. The van der Waals surface area contributed by atoms with Crippen LogP contribution in [0.15, 0.2) is 18.2 Å². The SMILES string of the molecule is COc1ccc(C(=O)NCc2nc(N(C)C)nc(N3CCOCC3)n2)cc1OC. The van der Waals surface area contributed by atoms with Crippen molar-refractivity contribution in [3.8, 4) is 11.5 Å². The quantitative estimate of drug-likeness (QED) is 0.718. The lowest BCUT2D eigenvalue weighted by Crippen LogP contribution is -2.38. The van der Waals surface area contributed by atoms with E-state index < -0.39 is 0 Å². The molecule has 1 saturated heterocycles. The van der Waals surface area contributed by atoms with Gasteiger partial charge in [-0.1, -0.05) is 0 Å². The summed E-state index contributed by atoms with van der Waals surface area (Å²) in [6, 6.07) is 5.00. The lowest BCUT2D eigenvalue weighted by atomic mass is 10.2. The zero-order valence-electron chi connectivity index (χ0n) is 17.1. The first-order valence-corrected chi connectivity index (χ1v) is 9.27. The van der Waals surface area contributed by atoms with Gasteiger partial charge in [0, 0.05) is 32.7 Å². The molecule has 2 aromatic rings. The van der Waals surface area contributed by atoms with Gasteiger partial charge in [0.2, 0.25) is 11.9 Å². The number of aromatic nitrogens is 3. The molecule has 29 heavy (non-hydrogen) atoms. The van der Waals surface area contributed by atoms with Crippen molar-refractivity contribution in [1.82, 2.24) is 20.3 Å². The highest BCUT2D eigenvalue weighted by Gasteiger charge is 2.18. The Labute approximate surface area is 169 Å². The zero-order valence-corrected chi connectivity index (χ0v) is 17.1. The van der Waals surface area contributed by atoms with Crippen molar-refractivity contribution in [3.05, 3.63) is 29.6 Å². The molecule has 1 amide bonds. The van der Waals surface area contributed by atoms with Crippen molar-refractivity contribution in [1.29, 1.82) is 0 Å². The molecule has 1 fully saturated rings. The third-order valence-corrected chi connectivity index (χ3v) is 4.40. The second-order valence-electron chi connectivity index (χ2n) is 6.60. The minimum Gasteiger partial charge on any atom is -0.493 e. The molecule has 0 saturated carbocycles. The van der Waals surface area contributed by atoms with Crippen LogP contribution in [-0.2, 0) is 11.3 Å². The number of rotatable bonds is 7. The Hall–Kier alpha value is -3.14. The van der Waals surface area contributed by atoms with Gasteiger partial charge in [0.1, 0.15) is 0 Å². The molecule has 1 aliphatic rings. The first-order chi connectivity index (χ1) is 14.0. The highest BCUT2D eigenvalue weighted by molar-refractivity contribution is 5.94. The number of hydrogen-bond acceptors (Lipinski definition) is 9. The molecule has 0 unspecified atom stereocenters. The van der Waals surface area contributed by atoms with Crippen molar-refractivity contribution in [2.45, 2.75) is 6.54 Å². The minimum absolute atomic E-state index is 0.174. The van der Waals surface area contributed by atoms with Gasteiger partial charge in [0.05, 0.1) is 34.0 Å².